The van der Waals surface area contributed by atoms with Crippen LogP contribution in [0.25, 0.3) is 0 Å². The lowest BCUT2D eigenvalue weighted by Gasteiger charge is -2.11. The molecule has 0 bridgehead atoms. The Morgan fingerprint density at radius 1 is 1.33 bits per heavy atom. The van der Waals surface area contributed by atoms with Crippen LogP contribution in [0.1, 0.15) is 25.7 Å². The van der Waals surface area contributed by atoms with Crippen LogP contribution in [0.5, 0.6) is 0 Å². The van der Waals surface area contributed by atoms with Crippen molar-refractivity contribution in [1.82, 2.24) is 15.2 Å². The molecule has 0 saturated heterocycles. The highest BCUT2D eigenvalue weighted by atomic mass is 127. The summed E-state index contributed by atoms with van der Waals surface area (Å²) in [6.07, 6.45) is 6.53. The zero-order chi connectivity index (χ0) is 14.2. The van der Waals surface area contributed by atoms with Crippen molar-refractivity contribution in [2.24, 2.45) is 10.9 Å². The Balaban J connectivity index is 0.00000220. The van der Waals surface area contributed by atoms with E-state index in [4.69, 9.17) is 0 Å². The summed E-state index contributed by atoms with van der Waals surface area (Å²) in [6.45, 7) is 2.68. The molecule has 2 rings (SSSR count). The summed E-state index contributed by atoms with van der Waals surface area (Å²) in [5, 5.41) is 6.64. The summed E-state index contributed by atoms with van der Waals surface area (Å²) in [6, 6.07) is 5.26. The molecule has 0 aliphatic heterocycles. The lowest BCUT2D eigenvalue weighted by atomic mass is 10.3. The normalized spacial score (nSPS) is 14.4. The van der Waals surface area contributed by atoms with E-state index in [1.807, 2.05) is 12.3 Å². The zero-order valence-corrected chi connectivity index (χ0v) is 14.9. The van der Waals surface area contributed by atoms with Crippen LogP contribution in [0.3, 0.4) is 0 Å². The third kappa shape index (κ3) is 6.97. The summed E-state index contributed by atoms with van der Waals surface area (Å²) in [4.78, 5) is 15.7. The van der Waals surface area contributed by atoms with Gasteiger partial charge in [-0.25, -0.2) is 0 Å². The second-order valence-electron chi connectivity index (χ2n) is 5.26. The molecule has 1 aliphatic carbocycles. The van der Waals surface area contributed by atoms with Crippen molar-refractivity contribution in [3.8, 4) is 0 Å². The van der Waals surface area contributed by atoms with Gasteiger partial charge in [-0.15, -0.1) is 24.0 Å². The molecule has 1 aromatic rings. The summed E-state index contributed by atoms with van der Waals surface area (Å²) in [5.41, 5.74) is 0.0716. The van der Waals surface area contributed by atoms with Crippen molar-refractivity contribution < 1.29 is 0 Å². The number of rotatable bonds is 7. The number of nitrogens with one attached hydrogen (secondary N) is 2. The molecule has 0 amide bonds. The third-order valence-electron chi connectivity index (χ3n) is 3.50. The highest BCUT2D eigenvalue weighted by Gasteiger charge is 2.20. The van der Waals surface area contributed by atoms with Gasteiger partial charge in [0.25, 0.3) is 0 Å². The van der Waals surface area contributed by atoms with Gasteiger partial charge in [-0.05, 0) is 37.7 Å². The molecule has 0 spiro atoms. The monoisotopic (exact) mass is 404 g/mol. The number of hydrogen-bond acceptors (Lipinski definition) is 2. The molecule has 0 radical (unpaired) electrons. The number of pyridine rings is 1. The number of guanidine groups is 1. The van der Waals surface area contributed by atoms with E-state index in [0.29, 0.717) is 0 Å². The van der Waals surface area contributed by atoms with Gasteiger partial charge in [0.15, 0.2) is 5.96 Å². The Morgan fingerprint density at radius 3 is 2.81 bits per heavy atom. The van der Waals surface area contributed by atoms with Crippen LogP contribution < -0.4 is 16.2 Å². The number of hydrogen-bond donors (Lipinski definition) is 2. The molecule has 1 heterocycles. The van der Waals surface area contributed by atoms with Crippen molar-refractivity contribution in [1.29, 1.82) is 0 Å². The predicted molar refractivity (Wildman–Crippen MR) is 97.4 cm³/mol. The van der Waals surface area contributed by atoms with Crippen LogP contribution in [0.4, 0.5) is 0 Å². The first kappa shape index (κ1) is 18.0. The van der Waals surface area contributed by atoms with E-state index in [9.17, 15) is 4.79 Å². The minimum absolute atomic E-state index is 0. The topological polar surface area (TPSA) is 58.4 Å². The first-order valence-electron chi connectivity index (χ1n) is 7.39. The van der Waals surface area contributed by atoms with E-state index >= 15 is 0 Å². The summed E-state index contributed by atoms with van der Waals surface area (Å²) >= 11 is 0. The Bertz CT molecular complexity index is 496. The minimum atomic E-state index is 0. The number of aryl methyl sites for hydroxylation is 1. The standard InChI is InChI=1S/C15H24N4O.HI/c1-16-15(18-12-13-7-8-13)17-9-3-5-11-19-10-4-2-6-14(19)20;/h2,4,6,10,13H,3,5,7-9,11-12H2,1H3,(H2,16,17,18);1H. The van der Waals surface area contributed by atoms with Crippen molar-refractivity contribution in [2.45, 2.75) is 32.2 Å². The average molecular weight is 404 g/mol. The summed E-state index contributed by atoms with van der Waals surface area (Å²) in [5.74, 6) is 1.73. The lowest BCUT2D eigenvalue weighted by molar-refractivity contribution is 0.585. The Kier molecular flexibility index (Phi) is 8.41. The van der Waals surface area contributed by atoms with Crippen molar-refractivity contribution in [2.75, 3.05) is 20.1 Å². The van der Waals surface area contributed by atoms with E-state index < -0.39 is 0 Å². The van der Waals surface area contributed by atoms with E-state index in [2.05, 4.69) is 15.6 Å². The van der Waals surface area contributed by atoms with Crippen LogP contribution in [0.15, 0.2) is 34.2 Å². The molecule has 118 valence electrons. The van der Waals surface area contributed by atoms with Gasteiger partial charge in [0.05, 0.1) is 0 Å². The predicted octanol–water partition coefficient (Wildman–Crippen LogP) is 1.82. The van der Waals surface area contributed by atoms with Gasteiger partial charge >= 0.3 is 0 Å². The number of unbranched alkanes of at least 4 members (excludes halogenated alkanes) is 1. The maximum atomic E-state index is 11.5. The Labute approximate surface area is 143 Å². The molecule has 0 atom stereocenters. The second-order valence-corrected chi connectivity index (χ2v) is 5.26. The fraction of sp³-hybridized carbons (Fsp3) is 0.600. The van der Waals surface area contributed by atoms with Crippen LogP contribution >= 0.6 is 24.0 Å². The van der Waals surface area contributed by atoms with Crippen molar-refractivity contribution in [3.05, 3.63) is 34.7 Å². The molecule has 21 heavy (non-hydrogen) atoms. The van der Waals surface area contributed by atoms with Crippen molar-refractivity contribution >= 4 is 29.9 Å². The summed E-state index contributed by atoms with van der Waals surface area (Å²) in [7, 11) is 1.80. The molecule has 6 heteroatoms. The molecule has 0 aromatic carbocycles. The SMILES string of the molecule is CN=C(NCCCCn1ccccc1=O)NCC1CC1.I. The molecule has 5 nitrogen and oxygen atoms in total. The van der Waals surface area contributed by atoms with Crippen LogP contribution in [0.2, 0.25) is 0 Å². The van der Waals surface area contributed by atoms with Gasteiger partial charge in [0.1, 0.15) is 0 Å². The maximum absolute atomic E-state index is 11.5. The summed E-state index contributed by atoms with van der Waals surface area (Å²) < 4.78 is 1.75. The van der Waals surface area contributed by atoms with Gasteiger partial charge in [-0.2, -0.15) is 0 Å². The van der Waals surface area contributed by atoms with Gasteiger partial charge in [0.2, 0.25) is 5.56 Å². The van der Waals surface area contributed by atoms with Crippen molar-refractivity contribution in [3.63, 3.8) is 0 Å². The van der Waals surface area contributed by atoms with E-state index in [0.717, 1.165) is 44.4 Å². The average Bonchev–Trinajstić information content (AvgIpc) is 3.28. The van der Waals surface area contributed by atoms with E-state index in [-0.39, 0.29) is 29.5 Å². The minimum Gasteiger partial charge on any atom is -0.356 e. The van der Waals surface area contributed by atoms with Gasteiger partial charge < -0.3 is 15.2 Å². The lowest BCUT2D eigenvalue weighted by Crippen LogP contribution is -2.38. The molecule has 1 saturated carbocycles. The molecule has 1 fully saturated rings. The number of aliphatic imine (C=N–C) groups is 1. The first-order valence-corrected chi connectivity index (χ1v) is 7.39. The molecule has 2 N–H and O–H groups in total. The Morgan fingerprint density at radius 2 is 2.14 bits per heavy atom. The van der Waals surface area contributed by atoms with Crippen LogP contribution in [-0.2, 0) is 6.54 Å². The first-order chi connectivity index (χ1) is 9.79. The fourth-order valence-corrected chi connectivity index (χ4v) is 2.04. The van der Waals surface area contributed by atoms with E-state index in [1.54, 1.807) is 23.7 Å². The van der Waals surface area contributed by atoms with Gasteiger partial charge in [-0.1, -0.05) is 6.07 Å². The molecular formula is C15H25IN4O. The molecule has 0 unspecified atom stereocenters. The highest BCUT2D eigenvalue weighted by Crippen LogP contribution is 2.27. The van der Waals surface area contributed by atoms with Gasteiger partial charge in [-0.3, -0.25) is 9.79 Å². The third-order valence-corrected chi connectivity index (χ3v) is 3.50. The number of halogens is 1. The fourth-order valence-electron chi connectivity index (χ4n) is 2.04. The second kappa shape index (κ2) is 9.81. The Hall–Kier alpha value is -1.05. The van der Waals surface area contributed by atoms with Crippen LogP contribution in [0, 0.1) is 5.92 Å². The van der Waals surface area contributed by atoms with E-state index in [1.165, 1.54) is 12.8 Å². The maximum Gasteiger partial charge on any atom is 0.250 e. The number of nitrogens with zero attached hydrogens (tertiary/aromatic N) is 2. The van der Waals surface area contributed by atoms with Gasteiger partial charge in [0, 0.05) is 38.9 Å². The number of aromatic nitrogens is 1. The zero-order valence-electron chi connectivity index (χ0n) is 12.5. The smallest absolute Gasteiger partial charge is 0.250 e. The molecule has 1 aromatic heterocycles. The largest absolute Gasteiger partial charge is 0.356 e. The quantitative estimate of drug-likeness (QED) is 0.316. The highest BCUT2D eigenvalue weighted by molar-refractivity contribution is 14.0. The molecular weight excluding hydrogens is 379 g/mol. The molecule has 1 aliphatic rings. The van der Waals surface area contributed by atoms with Crippen LogP contribution in [-0.4, -0.2) is 30.7 Å².